The minimum atomic E-state index is 0.250. The zero-order valence-electron chi connectivity index (χ0n) is 6.75. The largest absolute Gasteiger partial charge is 0.397 e. The Balaban J connectivity index is 0.000000292. The molecule has 0 spiro atoms. The number of aromatic amines is 1. The number of rotatable bonds is 2. The van der Waals surface area contributed by atoms with Gasteiger partial charge in [0.15, 0.2) is 0 Å². The minimum absolute atomic E-state index is 0.250. The van der Waals surface area contributed by atoms with Gasteiger partial charge in [-0.3, -0.25) is 0 Å². The van der Waals surface area contributed by atoms with Crippen molar-refractivity contribution in [2.45, 2.75) is 13.3 Å². The summed E-state index contributed by atoms with van der Waals surface area (Å²) in [5.41, 5.74) is 6.30. The lowest BCUT2D eigenvalue weighted by molar-refractivity contribution is 0.318. The fourth-order valence-corrected chi connectivity index (χ4v) is 0.576. The van der Waals surface area contributed by atoms with E-state index in [0.29, 0.717) is 6.54 Å². The molecule has 4 N–H and O–H groups in total. The molecule has 0 saturated carbocycles. The van der Waals surface area contributed by atoms with Crippen LogP contribution in [-0.2, 0) is 6.42 Å². The molecule has 1 rings (SSSR count). The summed E-state index contributed by atoms with van der Waals surface area (Å²) < 4.78 is 0. The second-order valence-corrected chi connectivity index (χ2v) is 1.92. The van der Waals surface area contributed by atoms with Crippen LogP contribution in [0.5, 0.6) is 0 Å². The van der Waals surface area contributed by atoms with Gasteiger partial charge in [-0.1, -0.05) is 0 Å². The quantitative estimate of drug-likeness (QED) is 0.561. The highest BCUT2D eigenvalue weighted by molar-refractivity contribution is 4.93. The zero-order valence-corrected chi connectivity index (χ0v) is 6.75. The monoisotopic (exact) mass is 157 g/mol. The Bertz CT molecular complexity index is 151. The van der Waals surface area contributed by atoms with Gasteiger partial charge in [0.25, 0.3) is 0 Å². The van der Waals surface area contributed by atoms with Gasteiger partial charge in [0.2, 0.25) is 0 Å². The van der Waals surface area contributed by atoms with Gasteiger partial charge in [-0.15, -0.1) is 0 Å². The number of hydrogen-bond donors (Lipinski definition) is 3. The summed E-state index contributed by atoms with van der Waals surface area (Å²) in [7, 11) is 0. The first-order valence-electron chi connectivity index (χ1n) is 3.63. The summed E-state index contributed by atoms with van der Waals surface area (Å²) in [5.74, 6) is 0. The second kappa shape index (κ2) is 7.24. The molecule has 0 unspecified atom stereocenters. The van der Waals surface area contributed by atoms with Crippen molar-refractivity contribution in [3.8, 4) is 0 Å². The molecule has 4 nitrogen and oxygen atoms in total. The highest BCUT2D eigenvalue weighted by Crippen LogP contribution is 1.88. The van der Waals surface area contributed by atoms with Gasteiger partial charge in [-0.25, -0.2) is 4.98 Å². The smallest absolute Gasteiger partial charge is 0.0923 e. The van der Waals surface area contributed by atoms with E-state index in [9.17, 15) is 0 Å². The van der Waals surface area contributed by atoms with Crippen molar-refractivity contribution in [2.24, 2.45) is 5.73 Å². The van der Waals surface area contributed by atoms with Crippen LogP contribution in [-0.4, -0.2) is 28.2 Å². The third kappa shape index (κ3) is 5.57. The molecule has 1 aromatic heterocycles. The van der Waals surface area contributed by atoms with E-state index < -0.39 is 0 Å². The molecule has 0 aliphatic rings. The van der Waals surface area contributed by atoms with E-state index in [0.717, 1.165) is 12.1 Å². The Hall–Kier alpha value is -0.870. The first kappa shape index (κ1) is 10.1. The fraction of sp³-hybridized carbons (Fsp3) is 0.571. The average Bonchev–Trinajstić information content (AvgIpc) is 2.42. The summed E-state index contributed by atoms with van der Waals surface area (Å²) in [5, 5.41) is 7.57. The van der Waals surface area contributed by atoms with Crippen molar-refractivity contribution in [2.75, 3.05) is 13.2 Å². The molecular weight excluding hydrogens is 142 g/mol. The molecule has 0 bridgehead atoms. The van der Waals surface area contributed by atoms with Crippen LogP contribution in [0.1, 0.15) is 12.6 Å². The van der Waals surface area contributed by atoms with Crippen LogP contribution < -0.4 is 5.73 Å². The van der Waals surface area contributed by atoms with Crippen molar-refractivity contribution in [1.82, 2.24) is 9.97 Å². The summed E-state index contributed by atoms with van der Waals surface area (Å²) in [6.45, 7) is 2.60. The Morgan fingerprint density at radius 1 is 1.73 bits per heavy atom. The van der Waals surface area contributed by atoms with Crippen molar-refractivity contribution >= 4 is 0 Å². The van der Waals surface area contributed by atoms with Gasteiger partial charge in [-0.05, 0) is 13.5 Å². The predicted molar refractivity (Wildman–Crippen MR) is 44.1 cm³/mol. The van der Waals surface area contributed by atoms with E-state index in [2.05, 4.69) is 9.97 Å². The van der Waals surface area contributed by atoms with Crippen LogP contribution >= 0.6 is 0 Å². The highest BCUT2D eigenvalue weighted by Gasteiger charge is 1.87. The van der Waals surface area contributed by atoms with E-state index in [1.165, 1.54) is 0 Å². The molecule has 64 valence electrons. The van der Waals surface area contributed by atoms with E-state index in [1.807, 2.05) is 6.20 Å². The number of nitrogens with two attached hydrogens (primary N) is 1. The lowest BCUT2D eigenvalue weighted by atomic mass is 10.3. The molecule has 0 aliphatic carbocycles. The number of hydrogen-bond acceptors (Lipinski definition) is 3. The maximum Gasteiger partial charge on any atom is 0.0923 e. The molecule has 0 radical (unpaired) electrons. The van der Waals surface area contributed by atoms with Crippen molar-refractivity contribution in [1.29, 1.82) is 0 Å². The molecule has 4 heteroatoms. The Morgan fingerprint density at radius 2 is 2.36 bits per heavy atom. The van der Waals surface area contributed by atoms with E-state index in [1.54, 1.807) is 13.3 Å². The number of imidazole rings is 1. The van der Waals surface area contributed by atoms with Crippen LogP contribution in [0, 0.1) is 0 Å². The third-order valence-corrected chi connectivity index (χ3v) is 0.955. The second-order valence-electron chi connectivity index (χ2n) is 1.92. The molecule has 0 aliphatic heterocycles. The Labute approximate surface area is 66.5 Å². The number of nitrogens with one attached hydrogen (secondary N) is 1. The number of aromatic nitrogens is 2. The maximum absolute atomic E-state index is 7.57. The molecule has 0 saturated heterocycles. The first-order chi connectivity index (χ1) is 5.35. The summed E-state index contributed by atoms with van der Waals surface area (Å²) in [6.07, 6.45) is 4.38. The van der Waals surface area contributed by atoms with Crippen molar-refractivity contribution < 1.29 is 5.11 Å². The normalized spacial score (nSPS) is 8.64. The van der Waals surface area contributed by atoms with Gasteiger partial charge in [0, 0.05) is 19.2 Å². The first-order valence-corrected chi connectivity index (χ1v) is 3.63. The van der Waals surface area contributed by atoms with Gasteiger partial charge < -0.3 is 15.8 Å². The lowest BCUT2D eigenvalue weighted by Crippen LogP contribution is -2.02. The number of H-pyrrole nitrogens is 1. The summed E-state index contributed by atoms with van der Waals surface area (Å²) in [4.78, 5) is 6.82. The van der Waals surface area contributed by atoms with E-state index in [-0.39, 0.29) is 6.61 Å². The molecule has 1 heterocycles. The van der Waals surface area contributed by atoms with Crippen LogP contribution in [0.25, 0.3) is 0 Å². The van der Waals surface area contributed by atoms with Crippen LogP contribution in [0.4, 0.5) is 0 Å². The standard InChI is InChI=1S/C5H9N3.C2H6O/c6-2-1-5-3-7-4-8-5;1-2-3/h3-4H,1-2,6H2,(H,7,8);3H,2H2,1H3. The van der Waals surface area contributed by atoms with Crippen molar-refractivity contribution in [3.05, 3.63) is 18.2 Å². The van der Waals surface area contributed by atoms with Gasteiger partial charge in [0.05, 0.1) is 12.0 Å². The van der Waals surface area contributed by atoms with E-state index in [4.69, 9.17) is 10.8 Å². The van der Waals surface area contributed by atoms with Crippen LogP contribution in [0.3, 0.4) is 0 Å². The minimum Gasteiger partial charge on any atom is -0.397 e. The number of nitrogens with zero attached hydrogens (tertiary/aromatic N) is 1. The molecule has 11 heavy (non-hydrogen) atoms. The Kier molecular flexibility index (Phi) is 6.67. The highest BCUT2D eigenvalue weighted by atomic mass is 16.2. The molecule has 0 fully saturated rings. The fourth-order valence-electron chi connectivity index (χ4n) is 0.576. The van der Waals surface area contributed by atoms with Crippen LogP contribution in [0.2, 0.25) is 0 Å². The topological polar surface area (TPSA) is 74.9 Å². The third-order valence-electron chi connectivity index (χ3n) is 0.955. The Morgan fingerprint density at radius 3 is 2.73 bits per heavy atom. The summed E-state index contributed by atoms with van der Waals surface area (Å²) >= 11 is 0. The predicted octanol–water partition coefficient (Wildman–Crippen LogP) is -0.0905. The molecular formula is C7H15N3O. The number of aliphatic hydroxyl groups excluding tert-OH is 1. The van der Waals surface area contributed by atoms with Gasteiger partial charge in [-0.2, -0.15) is 0 Å². The average molecular weight is 157 g/mol. The molecule has 0 amide bonds. The summed E-state index contributed by atoms with van der Waals surface area (Å²) in [6, 6.07) is 0. The van der Waals surface area contributed by atoms with Crippen molar-refractivity contribution in [3.63, 3.8) is 0 Å². The van der Waals surface area contributed by atoms with Gasteiger partial charge >= 0.3 is 0 Å². The van der Waals surface area contributed by atoms with Crippen LogP contribution in [0.15, 0.2) is 12.5 Å². The number of aliphatic hydroxyl groups is 1. The van der Waals surface area contributed by atoms with Gasteiger partial charge in [0.1, 0.15) is 0 Å². The zero-order chi connectivity index (χ0) is 8.53. The SMILES string of the molecule is CCO.NCCc1c[nH]cn1. The maximum atomic E-state index is 7.57. The molecule has 0 atom stereocenters. The molecule has 0 aromatic carbocycles. The molecule has 1 aromatic rings. The van der Waals surface area contributed by atoms with E-state index >= 15 is 0 Å². The lowest BCUT2D eigenvalue weighted by Gasteiger charge is -1.85.